The van der Waals surface area contributed by atoms with Crippen LogP contribution in [0.15, 0.2) is 48.8 Å². The minimum absolute atomic E-state index is 0.910. The highest BCUT2D eigenvalue weighted by atomic mass is 15.1. The summed E-state index contributed by atoms with van der Waals surface area (Å²) in [6.45, 7) is 0. The van der Waals surface area contributed by atoms with E-state index in [-0.39, 0.29) is 0 Å². The first-order chi connectivity index (χ1) is 7.84. The maximum Gasteiger partial charge on any atom is 0.0929 e. The first kappa shape index (κ1) is 9.09. The molecule has 0 amide bonds. The maximum atomic E-state index is 4.11. The summed E-state index contributed by atoms with van der Waals surface area (Å²) < 4.78 is 2.11. The molecule has 0 unspecified atom stereocenters. The molecule has 3 nitrogen and oxygen atoms in total. The third-order valence-electron chi connectivity index (χ3n) is 2.75. The second kappa shape index (κ2) is 3.45. The van der Waals surface area contributed by atoms with E-state index >= 15 is 0 Å². The number of nitrogens with zero attached hydrogens (tertiary/aromatic N) is 3. The highest BCUT2D eigenvalue weighted by Crippen LogP contribution is 2.22. The molecule has 0 aliphatic carbocycles. The van der Waals surface area contributed by atoms with Crippen molar-refractivity contribution in [3.8, 4) is 11.3 Å². The normalized spacial score (nSPS) is 10.8. The van der Waals surface area contributed by atoms with Crippen LogP contribution in [0.2, 0.25) is 0 Å². The van der Waals surface area contributed by atoms with Crippen molar-refractivity contribution in [3.05, 3.63) is 48.8 Å². The minimum atomic E-state index is 0.910. The molecule has 1 aromatic carbocycles. The number of hydrogen-bond acceptors (Lipinski definition) is 2. The van der Waals surface area contributed by atoms with E-state index in [1.54, 1.807) is 6.20 Å². The largest absolute Gasteiger partial charge is 0.351 e. The van der Waals surface area contributed by atoms with Gasteiger partial charge in [0.05, 0.1) is 5.69 Å². The van der Waals surface area contributed by atoms with Gasteiger partial charge in [0.15, 0.2) is 0 Å². The standard InChI is InChI=1S/C13H11N3/c1-16-8-6-11-9-10(4-5-13(11)16)12-3-2-7-14-15-12/h2-9H,1H3. The van der Waals surface area contributed by atoms with Crippen molar-refractivity contribution in [2.75, 3.05) is 0 Å². The molecule has 3 heteroatoms. The van der Waals surface area contributed by atoms with Crippen molar-refractivity contribution >= 4 is 10.9 Å². The van der Waals surface area contributed by atoms with Crippen LogP contribution in [-0.2, 0) is 7.05 Å². The van der Waals surface area contributed by atoms with E-state index in [1.165, 1.54) is 10.9 Å². The summed E-state index contributed by atoms with van der Waals surface area (Å²) in [7, 11) is 2.05. The fourth-order valence-corrected chi connectivity index (χ4v) is 1.90. The Bertz CT molecular complexity index is 626. The number of rotatable bonds is 1. The zero-order chi connectivity index (χ0) is 11.0. The first-order valence-electron chi connectivity index (χ1n) is 5.18. The molecule has 2 aromatic heterocycles. The topological polar surface area (TPSA) is 30.7 Å². The molecule has 0 atom stereocenters. The van der Waals surface area contributed by atoms with Gasteiger partial charge in [-0.25, -0.2) is 0 Å². The average molecular weight is 209 g/mol. The fourth-order valence-electron chi connectivity index (χ4n) is 1.90. The van der Waals surface area contributed by atoms with Crippen LogP contribution in [0.3, 0.4) is 0 Å². The summed E-state index contributed by atoms with van der Waals surface area (Å²) in [6.07, 6.45) is 3.75. The lowest BCUT2D eigenvalue weighted by Gasteiger charge is -2.00. The van der Waals surface area contributed by atoms with E-state index in [9.17, 15) is 0 Å². The minimum Gasteiger partial charge on any atom is -0.351 e. The van der Waals surface area contributed by atoms with Crippen molar-refractivity contribution in [1.29, 1.82) is 0 Å². The molecule has 2 heterocycles. The second-order valence-corrected chi connectivity index (χ2v) is 3.81. The van der Waals surface area contributed by atoms with Gasteiger partial charge in [-0.1, -0.05) is 6.07 Å². The predicted molar refractivity (Wildman–Crippen MR) is 63.9 cm³/mol. The Balaban J connectivity index is 2.19. The summed E-state index contributed by atoms with van der Waals surface area (Å²) >= 11 is 0. The number of aromatic nitrogens is 3. The fraction of sp³-hybridized carbons (Fsp3) is 0.0769. The number of aryl methyl sites for hydroxylation is 1. The molecule has 0 aliphatic heterocycles. The quantitative estimate of drug-likeness (QED) is 0.616. The molecule has 0 fully saturated rings. The zero-order valence-electron chi connectivity index (χ0n) is 8.96. The van der Waals surface area contributed by atoms with E-state index in [0.29, 0.717) is 0 Å². The smallest absolute Gasteiger partial charge is 0.0929 e. The Kier molecular flexibility index (Phi) is 1.96. The lowest BCUT2D eigenvalue weighted by atomic mass is 10.1. The van der Waals surface area contributed by atoms with Gasteiger partial charge in [0.25, 0.3) is 0 Å². The van der Waals surface area contributed by atoms with Gasteiger partial charge in [0, 0.05) is 35.9 Å². The Hall–Kier alpha value is -2.16. The van der Waals surface area contributed by atoms with Crippen molar-refractivity contribution < 1.29 is 0 Å². The van der Waals surface area contributed by atoms with E-state index in [0.717, 1.165) is 11.3 Å². The third kappa shape index (κ3) is 1.37. The van der Waals surface area contributed by atoms with Crippen molar-refractivity contribution in [3.63, 3.8) is 0 Å². The van der Waals surface area contributed by atoms with Crippen molar-refractivity contribution in [1.82, 2.24) is 14.8 Å². The zero-order valence-corrected chi connectivity index (χ0v) is 8.96. The molecular formula is C13H11N3. The van der Waals surface area contributed by atoms with Crippen LogP contribution in [-0.4, -0.2) is 14.8 Å². The summed E-state index contributed by atoms with van der Waals surface area (Å²) in [5.74, 6) is 0. The molecule has 0 saturated carbocycles. The van der Waals surface area contributed by atoms with Crippen LogP contribution in [0.4, 0.5) is 0 Å². The molecule has 78 valence electrons. The van der Waals surface area contributed by atoms with Gasteiger partial charge in [-0.2, -0.15) is 10.2 Å². The highest BCUT2D eigenvalue weighted by molar-refractivity contribution is 5.84. The van der Waals surface area contributed by atoms with Gasteiger partial charge >= 0.3 is 0 Å². The summed E-state index contributed by atoms with van der Waals surface area (Å²) in [5, 5.41) is 9.22. The summed E-state index contributed by atoms with van der Waals surface area (Å²) in [6, 6.07) is 12.3. The Labute approximate surface area is 93.4 Å². The molecule has 16 heavy (non-hydrogen) atoms. The Morgan fingerprint density at radius 2 is 2.06 bits per heavy atom. The van der Waals surface area contributed by atoms with Gasteiger partial charge < -0.3 is 4.57 Å². The van der Waals surface area contributed by atoms with E-state index < -0.39 is 0 Å². The maximum absolute atomic E-state index is 4.11. The highest BCUT2D eigenvalue weighted by Gasteiger charge is 2.02. The average Bonchev–Trinajstić information content (AvgIpc) is 2.72. The first-order valence-corrected chi connectivity index (χ1v) is 5.18. The predicted octanol–water partition coefficient (Wildman–Crippen LogP) is 2.64. The molecule has 0 radical (unpaired) electrons. The lowest BCUT2D eigenvalue weighted by molar-refractivity contribution is 0.969. The van der Waals surface area contributed by atoms with Crippen molar-refractivity contribution in [2.24, 2.45) is 7.05 Å². The van der Waals surface area contributed by atoms with Gasteiger partial charge in [0.2, 0.25) is 0 Å². The van der Waals surface area contributed by atoms with E-state index in [4.69, 9.17) is 0 Å². The molecule has 3 rings (SSSR count). The molecule has 0 aliphatic rings. The van der Waals surface area contributed by atoms with Crippen LogP contribution in [0.1, 0.15) is 0 Å². The number of fused-ring (bicyclic) bond motifs is 1. The second-order valence-electron chi connectivity index (χ2n) is 3.81. The number of benzene rings is 1. The van der Waals surface area contributed by atoms with E-state index in [1.807, 2.05) is 19.2 Å². The third-order valence-corrected chi connectivity index (χ3v) is 2.75. The monoisotopic (exact) mass is 209 g/mol. The van der Waals surface area contributed by atoms with Gasteiger partial charge in [-0.3, -0.25) is 0 Å². The Morgan fingerprint density at radius 3 is 2.88 bits per heavy atom. The van der Waals surface area contributed by atoms with Crippen LogP contribution in [0.5, 0.6) is 0 Å². The molecule has 0 saturated heterocycles. The van der Waals surface area contributed by atoms with Crippen LogP contribution < -0.4 is 0 Å². The van der Waals surface area contributed by atoms with Crippen molar-refractivity contribution in [2.45, 2.75) is 0 Å². The number of hydrogen-bond donors (Lipinski definition) is 0. The molecule has 3 aromatic rings. The van der Waals surface area contributed by atoms with Crippen LogP contribution in [0.25, 0.3) is 22.2 Å². The van der Waals surface area contributed by atoms with Gasteiger partial charge in [0.1, 0.15) is 0 Å². The van der Waals surface area contributed by atoms with Gasteiger partial charge in [-0.05, 0) is 30.3 Å². The molecule has 0 spiro atoms. The molecule has 0 N–H and O–H groups in total. The van der Waals surface area contributed by atoms with Crippen LogP contribution in [0, 0.1) is 0 Å². The Morgan fingerprint density at radius 1 is 1.12 bits per heavy atom. The summed E-state index contributed by atoms with van der Waals surface area (Å²) in [4.78, 5) is 0. The SMILES string of the molecule is Cn1ccc2cc(-c3cccnn3)ccc21. The molecular weight excluding hydrogens is 198 g/mol. The molecule has 0 bridgehead atoms. The summed E-state index contributed by atoms with van der Waals surface area (Å²) in [5.41, 5.74) is 3.24. The van der Waals surface area contributed by atoms with E-state index in [2.05, 4.69) is 45.2 Å². The lowest BCUT2D eigenvalue weighted by Crippen LogP contribution is -1.87. The van der Waals surface area contributed by atoms with Crippen LogP contribution >= 0.6 is 0 Å². The van der Waals surface area contributed by atoms with Gasteiger partial charge in [-0.15, -0.1) is 0 Å².